The van der Waals surface area contributed by atoms with Crippen molar-refractivity contribution >= 4 is 7.52 Å². The molecule has 0 aliphatic rings. The third-order valence-corrected chi connectivity index (χ3v) is 6.13. The van der Waals surface area contributed by atoms with Gasteiger partial charge in [-0.05, 0) is 42.3 Å². The first kappa shape index (κ1) is 22.1. The molecule has 0 saturated carbocycles. The van der Waals surface area contributed by atoms with E-state index >= 15 is 0 Å². The maximum atomic E-state index is 13.1. The molecule has 3 rings (SSSR count). The van der Waals surface area contributed by atoms with Crippen LogP contribution < -0.4 is 5.09 Å². The maximum Gasteiger partial charge on any atom is 0.470 e. The number of alkyl halides is 3. The van der Waals surface area contributed by atoms with Gasteiger partial charge in [0, 0.05) is 12.1 Å². The molecule has 1 heterocycles. The molecule has 0 aliphatic heterocycles. The van der Waals surface area contributed by atoms with Gasteiger partial charge in [0.25, 0.3) is 7.52 Å². The molecular weight excluding hydrogens is 425 g/mol. The zero-order chi connectivity index (χ0) is 21.8. The van der Waals surface area contributed by atoms with Crippen molar-refractivity contribution in [3.63, 3.8) is 0 Å². The Hall–Kier alpha value is -2.55. The molecule has 0 saturated heterocycles. The monoisotopic (exact) mass is 443 g/mol. The number of rotatable bonds is 8. The van der Waals surface area contributed by atoms with Gasteiger partial charge in [-0.3, -0.25) is 4.57 Å². The molecule has 0 radical (unpaired) electrons. The lowest BCUT2D eigenvalue weighted by Gasteiger charge is -2.19. The molecule has 0 bridgehead atoms. The summed E-state index contributed by atoms with van der Waals surface area (Å²) in [5.74, 6) is -2.06. The van der Waals surface area contributed by atoms with E-state index in [2.05, 4.69) is 19.7 Å². The Morgan fingerprint density at radius 2 is 1.67 bits per heavy atom. The second-order valence-corrected chi connectivity index (χ2v) is 8.56. The predicted octanol–water partition coefficient (Wildman–Crippen LogP) is 5.41. The minimum atomic E-state index is -4.72. The van der Waals surface area contributed by atoms with Crippen LogP contribution in [0.15, 0.2) is 52.9 Å². The summed E-state index contributed by atoms with van der Waals surface area (Å²) in [6.45, 7) is 2.15. The fourth-order valence-electron chi connectivity index (χ4n) is 2.62. The lowest BCUT2D eigenvalue weighted by molar-refractivity contribution is -0.156. The average molecular weight is 443 g/mol. The van der Waals surface area contributed by atoms with Gasteiger partial charge in [0.1, 0.15) is 5.82 Å². The fraction of sp³-hybridized carbons (Fsp3) is 0.263. The van der Waals surface area contributed by atoms with Gasteiger partial charge in [-0.2, -0.15) is 13.2 Å². The molecule has 1 atom stereocenters. The lowest BCUT2D eigenvalue weighted by Crippen LogP contribution is -2.14. The summed E-state index contributed by atoms with van der Waals surface area (Å²) < 4.78 is 74.0. The van der Waals surface area contributed by atoms with Gasteiger partial charge in [-0.1, -0.05) is 24.3 Å². The standard InChI is InChI=1S/C19H18F4N3O3P/c1-2-28-30(27,24-11-13-5-9-16(20)10-6-13)12-14-3-7-15(8-4-14)17-25-26-18(29-17)19(21,22)23/h3-10H,2,11-12H2,1H3,(H,24,27). The number of hydrogen-bond donors (Lipinski definition) is 1. The first-order chi connectivity index (χ1) is 14.2. The van der Waals surface area contributed by atoms with E-state index in [4.69, 9.17) is 4.52 Å². The van der Waals surface area contributed by atoms with Gasteiger partial charge in [-0.15, -0.1) is 10.2 Å². The van der Waals surface area contributed by atoms with Crippen LogP contribution in [-0.4, -0.2) is 16.8 Å². The summed E-state index contributed by atoms with van der Waals surface area (Å²) in [6.07, 6.45) is -4.66. The van der Waals surface area contributed by atoms with Crippen LogP contribution in [0.5, 0.6) is 0 Å². The molecule has 6 nitrogen and oxygen atoms in total. The molecule has 0 aliphatic carbocycles. The second-order valence-electron chi connectivity index (χ2n) is 6.32. The molecule has 1 aromatic heterocycles. The van der Waals surface area contributed by atoms with Gasteiger partial charge < -0.3 is 8.94 Å². The number of aromatic nitrogens is 2. The van der Waals surface area contributed by atoms with E-state index in [1.54, 1.807) is 31.2 Å². The van der Waals surface area contributed by atoms with Crippen LogP contribution in [-0.2, 0) is 28.0 Å². The number of hydrogen-bond acceptors (Lipinski definition) is 5. The highest BCUT2D eigenvalue weighted by Crippen LogP contribution is 2.46. The molecule has 0 amide bonds. The number of nitrogens with one attached hydrogen (secondary N) is 1. The van der Waals surface area contributed by atoms with Gasteiger partial charge >= 0.3 is 12.1 Å². The van der Waals surface area contributed by atoms with Crippen LogP contribution in [0, 0.1) is 5.82 Å². The van der Waals surface area contributed by atoms with E-state index in [0.29, 0.717) is 11.1 Å². The maximum absolute atomic E-state index is 13.1. The topological polar surface area (TPSA) is 77.2 Å². The van der Waals surface area contributed by atoms with Crippen LogP contribution >= 0.6 is 7.52 Å². The van der Waals surface area contributed by atoms with E-state index < -0.39 is 19.6 Å². The van der Waals surface area contributed by atoms with Gasteiger partial charge in [-0.25, -0.2) is 9.48 Å². The molecule has 2 aromatic carbocycles. The molecule has 11 heteroatoms. The number of nitrogens with zero attached hydrogens (tertiary/aromatic N) is 2. The predicted molar refractivity (Wildman–Crippen MR) is 101 cm³/mol. The highest BCUT2D eigenvalue weighted by atomic mass is 31.2. The molecule has 30 heavy (non-hydrogen) atoms. The van der Waals surface area contributed by atoms with Crippen LogP contribution in [0.25, 0.3) is 11.5 Å². The summed E-state index contributed by atoms with van der Waals surface area (Å²) in [5.41, 5.74) is 1.67. The molecule has 1 unspecified atom stereocenters. The SMILES string of the molecule is CCOP(=O)(Cc1ccc(-c2nnc(C(F)(F)F)o2)cc1)NCc1ccc(F)cc1. The largest absolute Gasteiger partial charge is 0.470 e. The van der Waals surface area contributed by atoms with Crippen molar-refractivity contribution in [1.82, 2.24) is 15.3 Å². The van der Waals surface area contributed by atoms with Crippen LogP contribution in [0.3, 0.4) is 0 Å². The molecular formula is C19H18F4N3O3P. The Bertz CT molecular complexity index is 1020. The summed E-state index contributed by atoms with van der Waals surface area (Å²) in [6, 6.07) is 12.0. The van der Waals surface area contributed by atoms with Crippen molar-refractivity contribution < 1.29 is 31.1 Å². The quantitative estimate of drug-likeness (QED) is 0.370. The molecule has 160 valence electrons. The Labute approximate surface area is 169 Å². The molecule has 3 aromatic rings. The normalized spacial score (nSPS) is 13.9. The van der Waals surface area contributed by atoms with Crippen LogP contribution in [0.1, 0.15) is 23.9 Å². The first-order valence-corrected chi connectivity index (χ1v) is 10.7. The smallest absolute Gasteiger partial charge is 0.413 e. The number of halogens is 4. The van der Waals surface area contributed by atoms with E-state index in [1.807, 2.05) is 0 Å². The molecule has 1 N–H and O–H groups in total. The Morgan fingerprint density at radius 3 is 2.23 bits per heavy atom. The van der Waals surface area contributed by atoms with Gasteiger partial charge in [0.05, 0.1) is 12.8 Å². The summed E-state index contributed by atoms with van der Waals surface area (Å²) >= 11 is 0. The highest BCUT2D eigenvalue weighted by Gasteiger charge is 2.38. The zero-order valence-corrected chi connectivity index (χ0v) is 16.7. The van der Waals surface area contributed by atoms with Gasteiger partial charge in [0.15, 0.2) is 0 Å². The molecule has 0 spiro atoms. The van der Waals surface area contributed by atoms with Crippen molar-refractivity contribution in [1.29, 1.82) is 0 Å². The minimum Gasteiger partial charge on any atom is -0.413 e. The Morgan fingerprint density at radius 1 is 1.03 bits per heavy atom. The van der Waals surface area contributed by atoms with E-state index in [1.165, 1.54) is 24.3 Å². The van der Waals surface area contributed by atoms with Crippen molar-refractivity contribution in [3.8, 4) is 11.5 Å². The summed E-state index contributed by atoms with van der Waals surface area (Å²) in [4.78, 5) is 0. The van der Waals surface area contributed by atoms with Crippen molar-refractivity contribution in [3.05, 3.63) is 71.4 Å². The van der Waals surface area contributed by atoms with Crippen LogP contribution in [0.4, 0.5) is 17.6 Å². The van der Waals surface area contributed by atoms with Crippen molar-refractivity contribution in [2.24, 2.45) is 0 Å². The van der Waals surface area contributed by atoms with E-state index in [0.717, 1.165) is 5.56 Å². The van der Waals surface area contributed by atoms with E-state index in [-0.39, 0.29) is 31.0 Å². The fourth-order valence-corrected chi connectivity index (χ4v) is 4.44. The molecule has 0 fully saturated rings. The minimum absolute atomic E-state index is 0.0555. The highest BCUT2D eigenvalue weighted by molar-refractivity contribution is 7.56. The van der Waals surface area contributed by atoms with E-state index in [9.17, 15) is 22.1 Å². The Kier molecular flexibility index (Phi) is 6.70. The third kappa shape index (κ3) is 5.75. The van der Waals surface area contributed by atoms with Crippen molar-refractivity contribution in [2.75, 3.05) is 6.61 Å². The van der Waals surface area contributed by atoms with Gasteiger partial charge in [0.2, 0.25) is 5.89 Å². The average Bonchev–Trinajstić information content (AvgIpc) is 3.19. The van der Waals surface area contributed by atoms with Crippen molar-refractivity contribution in [2.45, 2.75) is 25.8 Å². The second kappa shape index (κ2) is 9.07. The Balaban J connectivity index is 1.70. The summed E-state index contributed by atoms with van der Waals surface area (Å²) in [5, 5.41) is 9.28. The first-order valence-electron chi connectivity index (χ1n) is 8.92. The zero-order valence-electron chi connectivity index (χ0n) is 15.8. The van der Waals surface area contributed by atoms with Crippen LogP contribution in [0.2, 0.25) is 0 Å². The number of benzene rings is 2. The lowest BCUT2D eigenvalue weighted by atomic mass is 10.1. The third-order valence-electron chi connectivity index (χ3n) is 4.03. The summed E-state index contributed by atoms with van der Waals surface area (Å²) in [7, 11) is -3.27.